The lowest BCUT2D eigenvalue weighted by atomic mass is 10.2. The van der Waals surface area contributed by atoms with E-state index in [2.05, 4.69) is 15.5 Å². The SMILES string of the molecule is Cc1ccc(NC(=O)c2nnc(-c3ccc(F)cc3)o2)cc1. The second-order valence-electron chi connectivity index (χ2n) is 4.74. The number of aromatic nitrogens is 2. The Kier molecular flexibility index (Phi) is 3.65. The van der Waals surface area contributed by atoms with Crippen molar-refractivity contribution in [2.45, 2.75) is 6.92 Å². The van der Waals surface area contributed by atoms with Crippen LogP contribution in [0.5, 0.6) is 0 Å². The van der Waals surface area contributed by atoms with Crippen LogP contribution in [-0.4, -0.2) is 16.1 Å². The molecule has 6 heteroatoms. The Morgan fingerprint density at radius 2 is 1.73 bits per heavy atom. The van der Waals surface area contributed by atoms with Gasteiger partial charge in [-0.15, -0.1) is 10.2 Å². The molecule has 1 amide bonds. The van der Waals surface area contributed by atoms with Gasteiger partial charge < -0.3 is 9.73 Å². The highest BCUT2D eigenvalue weighted by Crippen LogP contribution is 2.18. The van der Waals surface area contributed by atoms with Gasteiger partial charge in [-0.1, -0.05) is 17.7 Å². The van der Waals surface area contributed by atoms with Crippen molar-refractivity contribution in [1.82, 2.24) is 10.2 Å². The van der Waals surface area contributed by atoms with Gasteiger partial charge in [0.05, 0.1) is 0 Å². The molecule has 3 aromatic rings. The predicted octanol–water partition coefficient (Wildman–Crippen LogP) is 3.44. The number of benzene rings is 2. The first-order chi connectivity index (χ1) is 10.6. The Balaban J connectivity index is 1.76. The minimum atomic E-state index is -0.496. The van der Waals surface area contributed by atoms with Crippen LogP contribution in [0.3, 0.4) is 0 Å². The zero-order chi connectivity index (χ0) is 15.5. The molecule has 0 atom stereocenters. The van der Waals surface area contributed by atoms with Crippen molar-refractivity contribution in [3.63, 3.8) is 0 Å². The standard InChI is InChI=1S/C16H12FN3O2/c1-10-2-8-13(9-3-10)18-14(21)16-20-19-15(22-16)11-4-6-12(17)7-5-11/h2-9H,1H3,(H,18,21). The molecule has 0 fully saturated rings. The van der Waals surface area contributed by atoms with Crippen molar-refractivity contribution in [2.24, 2.45) is 0 Å². The molecule has 0 spiro atoms. The van der Waals surface area contributed by atoms with Gasteiger partial charge in [-0.25, -0.2) is 4.39 Å². The van der Waals surface area contributed by atoms with Gasteiger partial charge in [0, 0.05) is 11.3 Å². The van der Waals surface area contributed by atoms with Crippen LogP contribution in [0.25, 0.3) is 11.5 Å². The summed E-state index contributed by atoms with van der Waals surface area (Å²) in [4.78, 5) is 12.0. The summed E-state index contributed by atoms with van der Waals surface area (Å²) in [5.41, 5.74) is 2.27. The normalized spacial score (nSPS) is 10.5. The van der Waals surface area contributed by atoms with Gasteiger partial charge in [0.15, 0.2) is 0 Å². The molecule has 0 saturated carbocycles. The van der Waals surface area contributed by atoms with Crippen LogP contribution >= 0.6 is 0 Å². The predicted molar refractivity (Wildman–Crippen MR) is 78.8 cm³/mol. The fourth-order valence-electron chi connectivity index (χ4n) is 1.85. The molecule has 0 bridgehead atoms. The van der Waals surface area contributed by atoms with E-state index in [0.29, 0.717) is 11.3 Å². The second-order valence-corrected chi connectivity index (χ2v) is 4.74. The van der Waals surface area contributed by atoms with Crippen molar-refractivity contribution in [3.05, 3.63) is 65.8 Å². The number of nitrogens with zero attached hydrogens (tertiary/aromatic N) is 2. The van der Waals surface area contributed by atoms with Crippen LogP contribution in [0.15, 0.2) is 52.9 Å². The number of amides is 1. The van der Waals surface area contributed by atoms with Gasteiger partial charge in [-0.3, -0.25) is 4.79 Å². The first-order valence-electron chi connectivity index (χ1n) is 6.59. The molecule has 1 N–H and O–H groups in total. The Morgan fingerprint density at radius 1 is 1.05 bits per heavy atom. The van der Waals surface area contributed by atoms with E-state index in [1.165, 1.54) is 24.3 Å². The molecular formula is C16H12FN3O2. The van der Waals surface area contributed by atoms with Crippen LogP contribution < -0.4 is 5.32 Å². The van der Waals surface area contributed by atoms with Crippen molar-refractivity contribution in [3.8, 4) is 11.5 Å². The quantitative estimate of drug-likeness (QED) is 0.804. The van der Waals surface area contributed by atoms with E-state index in [-0.39, 0.29) is 17.6 Å². The van der Waals surface area contributed by atoms with Gasteiger partial charge in [0.1, 0.15) is 5.82 Å². The monoisotopic (exact) mass is 297 g/mol. The van der Waals surface area contributed by atoms with E-state index < -0.39 is 5.91 Å². The number of aryl methyl sites for hydroxylation is 1. The topological polar surface area (TPSA) is 68.0 Å². The smallest absolute Gasteiger partial charge is 0.313 e. The molecule has 2 aromatic carbocycles. The first kappa shape index (κ1) is 13.9. The van der Waals surface area contributed by atoms with Crippen LogP contribution in [0.2, 0.25) is 0 Å². The number of carbonyl (C=O) groups excluding carboxylic acids is 1. The summed E-state index contributed by atoms with van der Waals surface area (Å²) in [7, 11) is 0. The summed E-state index contributed by atoms with van der Waals surface area (Å²) in [5, 5.41) is 10.2. The highest BCUT2D eigenvalue weighted by molar-refractivity contribution is 6.00. The fourth-order valence-corrected chi connectivity index (χ4v) is 1.85. The zero-order valence-electron chi connectivity index (χ0n) is 11.7. The maximum atomic E-state index is 12.9. The van der Waals surface area contributed by atoms with E-state index in [4.69, 9.17) is 4.42 Å². The Bertz CT molecular complexity index is 795. The number of halogens is 1. The summed E-state index contributed by atoms with van der Waals surface area (Å²) < 4.78 is 18.2. The highest BCUT2D eigenvalue weighted by Gasteiger charge is 2.16. The second kappa shape index (κ2) is 5.77. The molecule has 5 nitrogen and oxygen atoms in total. The lowest BCUT2D eigenvalue weighted by Crippen LogP contribution is -2.12. The average Bonchev–Trinajstić information content (AvgIpc) is 3.00. The largest absolute Gasteiger partial charge is 0.412 e. The molecule has 1 heterocycles. The summed E-state index contributed by atoms with van der Waals surface area (Å²) in [5.74, 6) is -0.848. The Hall–Kier alpha value is -3.02. The molecule has 0 unspecified atom stereocenters. The molecule has 22 heavy (non-hydrogen) atoms. The fraction of sp³-hybridized carbons (Fsp3) is 0.0625. The van der Waals surface area contributed by atoms with Gasteiger partial charge >= 0.3 is 11.8 Å². The molecule has 0 saturated heterocycles. The van der Waals surface area contributed by atoms with Crippen LogP contribution in [0.4, 0.5) is 10.1 Å². The third-order valence-corrected chi connectivity index (χ3v) is 3.02. The zero-order valence-corrected chi connectivity index (χ0v) is 11.7. The third kappa shape index (κ3) is 3.01. The maximum absolute atomic E-state index is 12.9. The molecular weight excluding hydrogens is 285 g/mol. The van der Waals surface area contributed by atoms with E-state index >= 15 is 0 Å². The van der Waals surface area contributed by atoms with Crippen molar-refractivity contribution >= 4 is 11.6 Å². The number of hydrogen-bond acceptors (Lipinski definition) is 4. The molecule has 0 aliphatic carbocycles. The van der Waals surface area contributed by atoms with Crippen LogP contribution in [-0.2, 0) is 0 Å². The minimum Gasteiger partial charge on any atom is -0.412 e. The molecule has 0 radical (unpaired) electrons. The first-order valence-corrected chi connectivity index (χ1v) is 6.59. The Labute approximate surface area is 125 Å². The Morgan fingerprint density at radius 3 is 2.41 bits per heavy atom. The van der Waals surface area contributed by atoms with Crippen molar-refractivity contribution in [1.29, 1.82) is 0 Å². The van der Waals surface area contributed by atoms with E-state index in [0.717, 1.165) is 5.56 Å². The molecule has 110 valence electrons. The summed E-state index contributed by atoms with van der Waals surface area (Å²) in [6, 6.07) is 12.9. The maximum Gasteiger partial charge on any atom is 0.313 e. The molecule has 0 aliphatic rings. The van der Waals surface area contributed by atoms with Crippen LogP contribution in [0.1, 0.15) is 16.2 Å². The number of carbonyl (C=O) groups is 1. The summed E-state index contributed by atoms with van der Waals surface area (Å²) >= 11 is 0. The number of hydrogen-bond donors (Lipinski definition) is 1. The van der Waals surface area contributed by atoms with E-state index in [9.17, 15) is 9.18 Å². The van der Waals surface area contributed by atoms with Gasteiger partial charge in [-0.2, -0.15) is 0 Å². The number of rotatable bonds is 3. The summed E-state index contributed by atoms with van der Waals surface area (Å²) in [6.07, 6.45) is 0. The summed E-state index contributed by atoms with van der Waals surface area (Å²) in [6.45, 7) is 1.96. The highest BCUT2D eigenvalue weighted by atomic mass is 19.1. The number of nitrogens with one attached hydrogen (secondary N) is 1. The molecule has 3 rings (SSSR count). The van der Waals surface area contributed by atoms with E-state index in [1.54, 1.807) is 12.1 Å². The van der Waals surface area contributed by atoms with Crippen molar-refractivity contribution < 1.29 is 13.6 Å². The van der Waals surface area contributed by atoms with E-state index in [1.807, 2.05) is 19.1 Å². The average molecular weight is 297 g/mol. The minimum absolute atomic E-state index is 0.153. The molecule has 1 aromatic heterocycles. The lowest BCUT2D eigenvalue weighted by Gasteiger charge is -2.02. The van der Waals surface area contributed by atoms with Gasteiger partial charge in [0.25, 0.3) is 0 Å². The number of anilines is 1. The van der Waals surface area contributed by atoms with Crippen molar-refractivity contribution in [2.75, 3.05) is 5.32 Å². The van der Waals surface area contributed by atoms with Crippen LogP contribution in [0, 0.1) is 12.7 Å². The lowest BCUT2D eigenvalue weighted by molar-refractivity contribution is 0.0991. The van der Waals surface area contributed by atoms with Gasteiger partial charge in [-0.05, 0) is 43.3 Å². The third-order valence-electron chi connectivity index (χ3n) is 3.02. The van der Waals surface area contributed by atoms with Gasteiger partial charge in [0.2, 0.25) is 5.89 Å². The molecule has 0 aliphatic heterocycles.